The molecule has 0 spiro atoms. The fraction of sp³-hybridized carbons (Fsp3) is 0.100. The number of nitrogens with one attached hydrogen (secondary N) is 2. The van der Waals surface area contributed by atoms with Crippen molar-refractivity contribution in [1.82, 2.24) is 4.98 Å². The van der Waals surface area contributed by atoms with Gasteiger partial charge in [0.25, 0.3) is 5.91 Å². The van der Waals surface area contributed by atoms with Gasteiger partial charge in [-0.2, -0.15) is 0 Å². The third-order valence-electron chi connectivity index (χ3n) is 3.76. The average molecular weight is 396 g/mol. The van der Waals surface area contributed by atoms with Crippen LogP contribution in [0.1, 0.15) is 29.0 Å². The van der Waals surface area contributed by atoms with Gasteiger partial charge in [-0.25, -0.2) is 4.98 Å². The molecule has 25 heavy (non-hydrogen) atoms. The normalized spacial score (nSPS) is 11.6. The van der Waals surface area contributed by atoms with Crippen LogP contribution in [0.3, 0.4) is 0 Å². The predicted octanol–water partition coefficient (Wildman–Crippen LogP) is 5.27. The molecule has 3 aromatic rings. The minimum atomic E-state index is -0.235. The Labute approximate surface area is 155 Å². The first-order chi connectivity index (χ1) is 12.1. The zero-order valence-corrected chi connectivity index (χ0v) is 15.3. The Morgan fingerprint density at radius 2 is 1.80 bits per heavy atom. The number of carbonyl (C=O) groups excluding carboxylic acids is 1. The Balaban J connectivity index is 1.64. The van der Waals surface area contributed by atoms with Gasteiger partial charge in [-0.15, -0.1) is 0 Å². The molecule has 126 valence electrons. The highest BCUT2D eigenvalue weighted by molar-refractivity contribution is 9.10. The van der Waals surface area contributed by atoms with Crippen molar-refractivity contribution in [3.05, 3.63) is 88.7 Å². The number of carbonyl (C=O) groups is 1. The maximum atomic E-state index is 12.3. The second-order valence-electron chi connectivity index (χ2n) is 5.67. The summed E-state index contributed by atoms with van der Waals surface area (Å²) in [6.45, 7) is 2.09. The molecule has 3 rings (SSSR count). The summed E-state index contributed by atoms with van der Waals surface area (Å²) >= 11 is 3.38. The number of amides is 1. The molecule has 1 aromatic heterocycles. The van der Waals surface area contributed by atoms with Gasteiger partial charge in [0.2, 0.25) is 0 Å². The lowest BCUT2D eigenvalue weighted by atomic mass is 10.1. The Hall–Kier alpha value is -2.66. The van der Waals surface area contributed by atoms with Crippen molar-refractivity contribution in [3.8, 4) is 0 Å². The Morgan fingerprint density at radius 1 is 1.00 bits per heavy atom. The standard InChI is InChI=1S/C20H18BrN3O/c1-14(15-6-3-2-4-7-15)23-18-10-11-19(22-13-18)20(25)24-17-9-5-8-16(21)12-17/h2-14,23H,1H3,(H,24,25). The molecule has 1 heterocycles. The second-order valence-corrected chi connectivity index (χ2v) is 6.59. The maximum absolute atomic E-state index is 12.3. The number of anilines is 2. The Morgan fingerprint density at radius 3 is 2.48 bits per heavy atom. The number of rotatable bonds is 5. The van der Waals surface area contributed by atoms with E-state index in [1.165, 1.54) is 5.56 Å². The first-order valence-electron chi connectivity index (χ1n) is 7.96. The lowest BCUT2D eigenvalue weighted by molar-refractivity contribution is 0.102. The predicted molar refractivity (Wildman–Crippen MR) is 105 cm³/mol. The number of hydrogen-bond donors (Lipinski definition) is 2. The van der Waals surface area contributed by atoms with Gasteiger partial charge in [0.15, 0.2) is 0 Å². The molecule has 0 bridgehead atoms. The van der Waals surface area contributed by atoms with Crippen molar-refractivity contribution >= 4 is 33.2 Å². The fourth-order valence-corrected chi connectivity index (χ4v) is 2.85. The molecule has 2 aromatic carbocycles. The van der Waals surface area contributed by atoms with Gasteiger partial charge in [-0.05, 0) is 42.8 Å². The van der Waals surface area contributed by atoms with Gasteiger partial charge in [0, 0.05) is 16.2 Å². The van der Waals surface area contributed by atoms with E-state index in [2.05, 4.69) is 50.6 Å². The van der Waals surface area contributed by atoms with Gasteiger partial charge < -0.3 is 10.6 Å². The van der Waals surface area contributed by atoms with Crippen LogP contribution in [0.15, 0.2) is 77.4 Å². The van der Waals surface area contributed by atoms with E-state index in [1.807, 2.05) is 48.5 Å². The summed E-state index contributed by atoms with van der Waals surface area (Å²) in [4.78, 5) is 16.5. The molecular formula is C20H18BrN3O. The van der Waals surface area contributed by atoms with Gasteiger partial charge in [-0.3, -0.25) is 4.79 Å². The molecule has 0 saturated carbocycles. The average Bonchev–Trinajstić information content (AvgIpc) is 2.63. The first kappa shape index (κ1) is 17.2. The first-order valence-corrected chi connectivity index (χ1v) is 8.75. The van der Waals surface area contributed by atoms with E-state index in [0.29, 0.717) is 5.69 Å². The topological polar surface area (TPSA) is 54.0 Å². The molecule has 4 nitrogen and oxygen atoms in total. The monoisotopic (exact) mass is 395 g/mol. The summed E-state index contributed by atoms with van der Waals surface area (Å²) in [6.07, 6.45) is 1.68. The van der Waals surface area contributed by atoms with Crippen LogP contribution in [-0.4, -0.2) is 10.9 Å². The molecular weight excluding hydrogens is 378 g/mol. The van der Waals surface area contributed by atoms with Crippen LogP contribution < -0.4 is 10.6 Å². The molecule has 0 fully saturated rings. The van der Waals surface area contributed by atoms with E-state index < -0.39 is 0 Å². The summed E-state index contributed by atoms with van der Waals surface area (Å²) < 4.78 is 0.910. The Kier molecular flexibility index (Phi) is 5.46. The Bertz CT molecular complexity index is 850. The lowest BCUT2D eigenvalue weighted by Crippen LogP contribution is -2.14. The fourth-order valence-electron chi connectivity index (χ4n) is 2.45. The van der Waals surface area contributed by atoms with Crippen LogP contribution in [0.25, 0.3) is 0 Å². The second kappa shape index (κ2) is 7.94. The zero-order chi connectivity index (χ0) is 17.6. The molecule has 0 aliphatic heterocycles. The minimum Gasteiger partial charge on any atom is -0.377 e. The molecule has 5 heteroatoms. The summed E-state index contributed by atoms with van der Waals surface area (Å²) in [6, 6.07) is 21.4. The molecule has 1 atom stereocenters. The third-order valence-corrected chi connectivity index (χ3v) is 4.25. The van der Waals surface area contributed by atoms with E-state index in [1.54, 1.807) is 12.3 Å². The quantitative estimate of drug-likeness (QED) is 0.618. The smallest absolute Gasteiger partial charge is 0.274 e. The van der Waals surface area contributed by atoms with Crippen LogP contribution in [0, 0.1) is 0 Å². The van der Waals surface area contributed by atoms with Crippen molar-refractivity contribution in [2.24, 2.45) is 0 Å². The summed E-state index contributed by atoms with van der Waals surface area (Å²) in [5.74, 6) is -0.235. The van der Waals surface area contributed by atoms with Gasteiger partial charge in [0.1, 0.15) is 5.69 Å². The molecule has 0 radical (unpaired) electrons. The third kappa shape index (κ3) is 4.67. The highest BCUT2D eigenvalue weighted by Crippen LogP contribution is 2.19. The molecule has 0 aliphatic carbocycles. The largest absolute Gasteiger partial charge is 0.377 e. The molecule has 1 unspecified atom stereocenters. The zero-order valence-electron chi connectivity index (χ0n) is 13.7. The maximum Gasteiger partial charge on any atom is 0.274 e. The van der Waals surface area contributed by atoms with E-state index in [-0.39, 0.29) is 11.9 Å². The lowest BCUT2D eigenvalue weighted by Gasteiger charge is -2.15. The van der Waals surface area contributed by atoms with Crippen molar-refractivity contribution in [2.45, 2.75) is 13.0 Å². The SMILES string of the molecule is CC(Nc1ccc(C(=O)Nc2cccc(Br)c2)nc1)c1ccccc1. The number of nitrogens with zero attached hydrogens (tertiary/aromatic N) is 1. The molecule has 0 aliphatic rings. The van der Waals surface area contributed by atoms with E-state index in [4.69, 9.17) is 0 Å². The van der Waals surface area contributed by atoms with Crippen molar-refractivity contribution in [2.75, 3.05) is 10.6 Å². The number of hydrogen-bond acceptors (Lipinski definition) is 3. The van der Waals surface area contributed by atoms with Crippen LogP contribution in [0.4, 0.5) is 11.4 Å². The highest BCUT2D eigenvalue weighted by Gasteiger charge is 2.09. The highest BCUT2D eigenvalue weighted by atomic mass is 79.9. The summed E-state index contributed by atoms with van der Waals surface area (Å²) in [5, 5.41) is 6.21. The molecule has 1 amide bonds. The molecule has 2 N–H and O–H groups in total. The van der Waals surface area contributed by atoms with Gasteiger partial charge >= 0.3 is 0 Å². The van der Waals surface area contributed by atoms with E-state index in [9.17, 15) is 4.79 Å². The van der Waals surface area contributed by atoms with E-state index >= 15 is 0 Å². The number of benzene rings is 2. The minimum absolute atomic E-state index is 0.157. The van der Waals surface area contributed by atoms with Crippen LogP contribution in [0.5, 0.6) is 0 Å². The number of aromatic nitrogens is 1. The van der Waals surface area contributed by atoms with Crippen molar-refractivity contribution < 1.29 is 4.79 Å². The summed E-state index contributed by atoms with van der Waals surface area (Å²) in [7, 11) is 0. The van der Waals surface area contributed by atoms with Crippen LogP contribution in [0.2, 0.25) is 0 Å². The van der Waals surface area contributed by atoms with E-state index in [0.717, 1.165) is 15.8 Å². The molecule has 0 saturated heterocycles. The van der Waals surface area contributed by atoms with Gasteiger partial charge in [-0.1, -0.05) is 52.3 Å². The van der Waals surface area contributed by atoms with Crippen LogP contribution >= 0.6 is 15.9 Å². The number of halogens is 1. The van der Waals surface area contributed by atoms with Gasteiger partial charge in [0.05, 0.1) is 11.9 Å². The summed E-state index contributed by atoms with van der Waals surface area (Å²) in [5.41, 5.74) is 3.16. The van der Waals surface area contributed by atoms with Crippen LogP contribution in [-0.2, 0) is 0 Å². The van der Waals surface area contributed by atoms with Crippen molar-refractivity contribution in [3.63, 3.8) is 0 Å². The number of pyridine rings is 1. The van der Waals surface area contributed by atoms with Crippen molar-refractivity contribution in [1.29, 1.82) is 0 Å².